The number of hydrazine groups is 1. The summed E-state index contributed by atoms with van der Waals surface area (Å²) in [4.78, 5) is 9.76. The predicted octanol–water partition coefficient (Wildman–Crippen LogP) is 0.349. The van der Waals surface area contributed by atoms with Crippen molar-refractivity contribution in [2.45, 2.75) is 0 Å². The van der Waals surface area contributed by atoms with E-state index in [1.54, 1.807) is 0 Å². The van der Waals surface area contributed by atoms with Crippen LogP contribution in [0.3, 0.4) is 0 Å². The minimum Gasteiger partial charge on any atom is -0.235 e. The molecule has 8 heavy (non-hydrogen) atoms. The van der Waals surface area contributed by atoms with Crippen LogP contribution in [0.15, 0.2) is 0 Å². The number of hydrogen-bond donors (Lipinski definition) is 0. The van der Waals surface area contributed by atoms with Gasteiger partial charge in [-0.1, -0.05) is 0 Å². The van der Waals surface area contributed by atoms with Crippen LogP contribution in [-0.4, -0.2) is 29.5 Å². The summed E-state index contributed by atoms with van der Waals surface area (Å²) in [5.41, 5.74) is 0. The van der Waals surface area contributed by atoms with Gasteiger partial charge in [0.05, 0.1) is 13.6 Å². The summed E-state index contributed by atoms with van der Waals surface area (Å²) in [6.45, 7) is 0.286. The molecule has 0 aliphatic carbocycles. The lowest BCUT2D eigenvalue weighted by Crippen LogP contribution is -2.26. The molecule has 0 atom stereocenters. The SMILES string of the molecule is CN(CCCl)[N+](=O)[O-]. The Morgan fingerprint density at radius 3 is 2.50 bits per heavy atom. The molecule has 0 unspecified atom stereocenters. The third-order valence-electron chi connectivity index (χ3n) is 0.687. The molecule has 0 spiro atoms. The van der Waals surface area contributed by atoms with Crippen molar-refractivity contribution >= 4 is 11.6 Å². The van der Waals surface area contributed by atoms with E-state index in [-0.39, 0.29) is 12.4 Å². The average Bonchev–Trinajstić information content (AvgIpc) is 1.67. The van der Waals surface area contributed by atoms with Crippen LogP contribution in [0.25, 0.3) is 0 Å². The van der Waals surface area contributed by atoms with Gasteiger partial charge in [-0.2, -0.15) is 0 Å². The van der Waals surface area contributed by atoms with E-state index in [9.17, 15) is 10.1 Å². The van der Waals surface area contributed by atoms with E-state index >= 15 is 0 Å². The zero-order valence-electron chi connectivity index (χ0n) is 4.50. The fourth-order valence-corrected chi connectivity index (χ4v) is 0.449. The molecule has 0 saturated heterocycles. The van der Waals surface area contributed by atoms with Gasteiger partial charge in [0.25, 0.3) is 0 Å². The lowest BCUT2D eigenvalue weighted by Gasteiger charge is -2.03. The molecule has 48 valence electrons. The third kappa shape index (κ3) is 2.63. The molecule has 0 N–H and O–H groups in total. The van der Waals surface area contributed by atoms with Gasteiger partial charge in [0.15, 0.2) is 5.03 Å². The topological polar surface area (TPSA) is 46.4 Å². The van der Waals surface area contributed by atoms with Crippen molar-refractivity contribution < 1.29 is 5.03 Å². The van der Waals surface area contributed by atoms with Gasteiger partial charge in [-0.05, 0) is 0 Å². The van der Waals surface area contributed by atoms with E-state index in [2.05, 4.69) is 0 Å². The van der Waals surface area contributed by atoms with Crippen molar-refractivity contribution in [1.82, 2.24) is 5.01 Å². The zero-order valence-corrected chi connectivity index (χ0v) is 5.26. The second kappa shape index (κ2) is 3.49. The van der Waals surface area contributed by atoms with Gasteiger partial charge in [-0.25, -0.2) is 10.1 Å². The smallest absolute Gasteiger partial charge is 0.159 e. The maximum atomic E-state index is 9.76. The van der Waals surface area contributed by atoms with E-state index in [0.717, 1.165) is 5.01 Å². The highest BCUT2D eigenvalue weighted by Crippen LogP contribution is 1.82. The predicted molar refractivity (Wildman–Crippen MR) is 30.3 cm³/mol. The number of halogens is 1. The molecule has 0 aliphatic heterocycles. The highest BCUT2D eigenvalue weighted by Gasteiger charge is 2.02. The van der Waals surface area contributed by atoms with Crippen molar-refractivity contribution in [3.8, 4) is 0 Å². The van der Waals surface area contributed by atoms with Crippen LogP contribution in [0.4, 0.5) is 0 Å². The van der Waals surface area contributed by atoms with Gasteiger partial charge in [0.1, 0.15) is 0 Å². The maximum absolute atomic E-state index is 9.76. The normalized spacial score (nSPS) is 8.75. The lowest BCUT2D eigenvalue weighted by molar-refractivity contribution is -0.647. The quantitative estimate of drug-likeness (QED) is 0.321. The van der Waals surface area contributed by atoms with Crippen molar-refractivity contribution in [3.05, 3.63) is 10.1 Å². The zero-order chi connectivity index (χ0) is 6.57. The van der Waals surface area contributed by atoms with E-state index in [1.807, 2.05) is 0 Å². The first kappa shape index (κ1) is 7.49. The van der Waals surface area contributed by atoms with Crippen LogP contribution >= 0.6 is 11.6 Å². The molecule has 0 aliphatic rings. The van der Waals surface area contributed by atoms with Gasteiger partial charge in [-0.3, -0.25) is 0 Å². The minimum atomic E-state index is -0.498. The molecular formula is C3H7ClN2O2. The minimum absolute atomic E-state index is 0.286. The number of hydrogen-bond acceptors (Lipinski definition) is 2. The molecule has 0 rings (SSSR count). The van der Waals surface area contributed by atoms with Crippen LogP contribution < -0.4 is 0 Å². The van der Waals surface area contributed by atoms with Crippen LogP contribution in [0, 0.1) is 10.1 Å². The Morgan fingerprint density at radius 1 is 1.88 bits per heavy atom. The first-order chi connectivity index (χ1) is 3.68. The fourth-order valence-electron chi connectivity index (χ4n) is 0.204. The molecule has 0 aromatic rings. The number of alkyl halides is 1. The van der Waals surface area contributed by atoms with E-state index < -0.39 is 5.03 Å². The summed E-state index contributed by atoms with van der Waals surface area (Å²) in [6.07, 6.45) is 0. The molecule has 0 amide bonds. The first-order valence-electron chi connectivity index (χ1n) is 2.10. The number of nitrogens with zero attached hydrogens (tertiary/aromatic N) is 2. The monoisotopic (exact) mass is 138 g/mol. The van der Waals surface area contributed by atoms with Crippen molar-refractivity contribution in [2.75, 3.05) is 19.5 Å². The van der Waals surface area contributed by atoms with Gasteiger partial charge in [0, 0.05) is 5.88 Å². The molecule has 4 nitrogen and oxygen atoms in total. The maximum Gasteiger partial charge on any atom is 0.159 e. The summed E-state index contributed by atoms with van der Waals surface area (Å²) < 4.78 is 0. The Kier molecular flexibility index (Phi) is 3.26. The molecule has 0 bridgehead atoms. The Morgan fingerprint density at radius 2 is 2.38 bits per heavy atom. The van der Waals surface area contributed by atoms with E-state index in [1.165, 1.54) is 7.05 Å². The van der Waals surface area contributed by atoms with Crippen molar-refractivity contribution in [1.29, 1.82) is 0 Å². The number of nitro groups is 1. The molecule has 0 aromatic heterocycles. The highest BCUT2D eigenvalue weighted by atomic mass is 35.5. The second-order valence-electron chi connectivity index (χ2n) is 1.31. The summed E-state index contributed by atoms with van der Waals surface area (Å²) in [6, 6.07) is 0. The standard InChI is InChI=1S/C3H7ClN2O2/c1-5(3-2-4)6(7)8/h2-3H2,1H3. The summed E-state index contributed by atoms with van der Waals surface area (Å²) in [5.74, 6) is 0.289. The average molecular weight is 139 g/mol. The third-order valence-corrected chi connectivity index (χ3v) is 0.856. The fraction of sp³-hybridized carbons (Fsp3) is 1.00. The molecule has 0 saturated carbocycles. The van der Waals surface area contributed by atoms with Crippen LogP contribution in [0.5, 0.6) is 0 Å². The lowest BCUT2D eigenvalue weighted by atomic mass is 10.7. The Bertz CT molecular complexity index is 87.4. The van der Waals surface area contributed by atoms with Crippen molar-refractivity contribution in [3.63, 3.8) is 0 Å². The Hall–Kier alpha value is -0.510. The van der Waals surface area contributed by atoms with Gasteiger partial charge < -0.3 is 0 Å². The van der Waals surface area contributed by atoms with E-state index in [0.29, 0.717) is 0 Å². The van der Waals surface area contributed by atoms with Gasteiger partial charge in [-0.15, -0.1) is 16.6 Å². The van der Waals surface area contributed by atoms with Crippen LogP contribution in [-0.2, 0) is 0 Å². The number of rotatable bonds is 3. The molecule has 0 fully saturated rings. The van der Waals surface area contributed by atoms with E-state index in [4.69, 9.17) is 11.6 Å². The first-order valence-corrected chi connectivity index (χ1v) is 2.63. The summed E-state index contributed by atoms with van der Waals surface area (Å²) >= 11 is 5.19. The second-order valence-corrected chi connectivity index (χ2v) is 1.69. The summed E-state index contributed by atoms with van der Waals surface area (Å²) in [5, 5.41) is 10.2. The Balaban J connectivity index is 3.32. The van der Waals surface area contributed by atoms with Gasteiger partial charge in [0.2, 0.25) is 0 Å². The molecular weight excluding hydrogens is 131 g/mol. The van der Waals surface area contributed by atoms with Gasteiger partial charge >= 0.3 is 0 Å². The van der Waals surface area contributed by atoms with Crippen molar-refractivity contribution in [2.24, 2.45) is 0 Å². The molecule has 0 radical (unpaired) electrons. The highest BCUT2D eigenvalue weighted by molar-refractivity contribution is 6.18. The molecule has 0 heterocycles. The Labute approximate surface area is 52.2 Å². The molecule has 0 aromatic carbocycles. The molecule has 5 heteroatoms. The van der Waals surface area contributed by atoms with Crippen LogP contribution in [0.2, 0.25) is 0 Å². The van der Waals surface area contributed by atoms with Crippen LogP contribution in [0.1, 0.15) is 0 Å². The summed E-state index contributed by atoms with van der Waals surface area (Å²) in [7, 11) is 1.38. The largest absolute Gasteiger partial charge is 0.235 e.